The van der Waals surface area contributed by atoms with Crippen LogP contribution in [-0.2, 0) is 0 Å². The van der Waals surface area contributed by atoms with E-state index < -0.39 is 17.5 Å². The molecular formula is C19H12F2N4O. The van der Waals surface area contributed by atoms with Gasteiger partial charge in [0.2, 0.25) is 0 Å². The maximum absolute atomic E-state index is 13.2. The van der Waals surface area contributed by atoms with Gasteiger partial charge in [0.25, 0.3) is 5.91 Å². The Morgan fingerprint density at radius 2 is 1.65 bits per heavy atom. The minimum atomic E-state index is -1.05. The van der Waals surface area contributed by atoms with Crippen LogP contribution in [0.4, 0.5) is 25.8 Å². The summed E-state index contributed by atoms with van der Waals surface area (Å²) in [6, 6.07) is 15.1. The molecule has 0 unspecified atom stereocenters. The van der Waals surface area contributed by atoms with Crippen LogP contribution in [0.3, 0.4) is 0 Å². The van der Waals surface area contributed by atoms with Crippen molar-refractivity contribution in [3.8, 4) is 6.07 Å². The molecule has 3 rings (SSSR count). The summed E-state index contributed by atoms with van der Waals surface area (Å²) in [6.07, 6.45) is 1.45. The van der Waals surface area contributed by atoms with Gasteiger partial charge in [-0.1, -0.05) is 0 Å². The van der Waals surface area contributed by atoms with Gasteiger partial charge in [-0.3, -0.25) is 9.78 Å². The molecule has 2 aromatic carbocycles. The van der Waals surface area contributed by atoms with Crippen LogP contribution in [0.2, 0.25) is 0 Å². The van der Waals surface area contributed by atoms with Crippen LogP contribution in [0.5, 0.6) is 0 Å². The molecule has 128 valence electrons. The first kappa shape index (κ1) is 17.0. The maximum atomic E-state index is 13.2. The van der Waals surface area contributed by atoms with Crippen molar-refractivity contribution in [2.24, 2.45) is 0 Å². The van der Waals surface area contributed by atoms with Crippen molar-refractivity contribution in [3.63, 3.8) is 0 Å². The molecule has 0 atom stereocenters. The summed E-state index contributed by atoms with van der Waals surface area (Å²) in [7, 11) is 0. The Morgan fingerprint density at radius 1 is 0.923 bits per heavy atom. The van der Waals surface area contributed by atoms with E-state index in [0.717, 1.165) is 17.8 Å². The number of amides is 1. The van der Waals surface area contributed by atoms with Crippen LogP contribution in [0.25, 0.3) is 0 Å². The lowest BCUT2D eigenvalue weighted by molar-refractivity contribution is 0.102. The number of hydrogen-bond acceptors (Lipinski definition) is 4. The molecule has 0 radical (unpaired) electrons. The minimum absolute atomic E-state index is 0.105. The molecule has 5 nitrogen and oxygen atoms in total. The number of nitrogens with one attached hydrogen (secondary N) is 2. The van der Waals surface area contributed by atoms with E-state index in [-0.39, 0.29) is 11.4 Å². The number of carbonyl (C=O) groups is 1. The number of halogens is 2. The van der Waals surface area contributed by atoms with Crippen LogP contribution in [0.15, 0.2) is 60.8 Å². The van der Waals surface area contributed by atoms with Gasteiger partial charge in [-0.2, -0.15) is 5.26 Å². The zero-order chi connectivity index (χ0) is 18.5. The highest BCUT2D eigenvalue weighted by atomic mass is 19.2. The number of aromatic nitrogens is 1. The number of hydrogen-bond donors (Lipinski definition) is 2. The van der Waals surface area contributed by atoms with E-state index in [1.54, 1.807) is 30.3 Å². The monoisotopic (exact) mass is 350 g/mol. The Balaban J connectivity index is 1.74. The summed E-state index contributed by atoms with van der Waals surface area (Å²) in [5.74, 6) is -2.60. The fraction of sp³-hybridized carbons (Fsp3) is 0. The molecule has 7 heteroatoms. The first-order valence-corrected chi connectivity index (χ1v) is 7.55. The lowest BCUT2D eigenvalue weighted by Crippen LogP contribution is -2.14. The molecule has 0 aliphatic rings. The van der Waals surface area contributed by atoms with Crippen LogP contribution in [0.1, 0.15) is 16.1 Å². The lowest BCUT2D eigenvalue weighted by Gasteiger charge is -2.09. The molecule has 0 aliphatic heterocycles. The summed E-state index contributed by atoms with van der Waals surface area (Å²) in [5, 5.41) is 14.4. The predicted molar refractivity (Wildman–Crippen MR) is 93.0 cm³/mol. The molecule has 0 spiro atoms. The Kier molecular flexibility index (Phi) is 4.85. The molecule has 1 amide bonds. The molecule has 0 saturated carbocycles. The van der Waals surface area contributed by atoms with E-state index in [0.29, 0.717) is 11.3 Å². The number of pyridine rings is 1. The molecular weight excluding hydrogens is 338 g/mol. The Bertz CT molecular complexity index is 997. The second kappa shape index (κ2) is 7.40. The van der Waals surface area contributed by atoms with Crippen molar-refractivity contribution in [2.75, 3.05) is 10.6 Å². The predicted octanol–water partition coefficient (Wildman–Crippen LogP) is 4.23. The summed E-state index contributed by atoms with van der Waals surface area (Å²) >= 11 is 0. The van der Waals surface area contributed by atoms with Crippen molar-refractivity contribution in [3.05, 3.63) is 83.7 Å². The number of nitrogens with zero attached hydrogens (tertiary/aromatic N) is 2. The average Bonchev–Trinajstić information content (AvgIpc) is 2.65. The first-order valence-electron chi connectivity index (χ1n) is 7.55. The molecule has 3 aromatic rings. The van der Waals surface area contributed by atoms with Crippen LogP contribution in [0, 0.1) is 23.0 Å². The maximum Gasteiger partial charge on any atom is 0.274 e. The fourth-order valence-electron chi connectivity index (χ4n) is 2.20. The van der Waals surface area contributed by atoms with Crippen LogP contribution >= 0.6 is 0 Å². The third-order valence-corrected chi connectivity index (χ3v) is 3.47. The number of carbonyl (C=O) groups excluding carboxylic acids is 1. The third kappa shape index (κ3) is 3.99. The van der Waals surface area contributed by atoms with Crippen LogP contribution in [-0.4, -0.2) is 10.9 Å². The van der Waals surface area contributed by atoms with Gasteiger partial charge in [0.15, 0.2) is 11.6 Å². The quantitative estimate of drug-likeness (QED) is 0.738. The Labute approximate surface area is 147 Å². The number of benzene rings is 2. The second-order valence-corrected chi connectivity index (χ2v) is 5.33. The Morgan fingerprint density at radius 3 is 2.35 bits per heavy atom. The van der Waals surface area contributed by atoms with Gasteiger partial charge in [0.05, 0.1) is 11.6 Å². The van der Waals surface area contributed by atoms with Crippen molar-refractivity contribution < 1.29 is 13.6 Å². The Hall–Kier alpha value is -3.79. The van der Waals surface area contributed by atoms with E-state index in [1.165, 1.54) is 18.3 Å². The molecule has 0 aliphatic carbocycles. The van der Waals surface area contributed by atoms with E-state index in [4.69, 9.17) is 5.26 Å². The second-order valence-electron chi connectivity index (χ2n) is 5.33. The largest absolute Gasteiger partial charge is 0.355 e. The minimum Gasteiger partial charge on any atom is -0.355 e. The molecule has 1 heterocycles. The highest BCUT2D eigenvalue weighted by molar-refractivity contribution is 6.03. The SMILES string of the molecule is N#Cc1ccc(Nc2ccnc(C(=O)Nc3ccc(F)c(F)c3)c2)cc1. The molecule has 0 saturated heterocycles. The van der Waals surface area contributed by atoms with Crippen molar-refractivity contribution >= 4 is 23.0 Å². The zero-order valence-corrected chi connectivity index (χ0v) is 13.3. The molecule has 26 heavy (non-hydrogen) atoms. The topological polar surface area (TPSA) is 77.8 Å². The van der Waals surface area contributed by atoms with Gasteiger partial charge in [-0.15, -0.1) is 0 Å². The van der Waals surface area contributed by atoms with E-state index in [1.807, 2.05) is 6.07 Å². The summed E-state index contributed by atoms with van der Waals surface area (Å²) in [6.45, 7) is 0. The fourth-order valence-corrected chi connectivity index (χ4v) is 2.20. The number of anilines is 3. The van der Waals surface area contributed by atoms with E-state index in [2.05, 4.69) is 15.6 Å². The van der Waals surface area contributed by atoms with Crippen molar-refractivity contribution in [1.29, 1.82) is 5.26 Å². The van der Waals surface area contributed by atoms with Crippen molar-refractivity contribution in [1.82, 2.24) is 4.98 Å². The van der Waals surface area contributed by atoms with Gasteiger partial charge >= 0.3 is 0 Å². The van der Waals surface area contributed by atoms with Gasteiger partial charge in [0.1, 0.15) is 5.69 Å². The number of nitriles is 1. The van der Waals surface area contributed by atoms with Gasteiger partial charge in [-0.05, 0) is 48.5 Å². The first-order chi connectivity index (χ1) is 12.5. The summed E-state index contributed by atoms with van der Waals surface area (Å²) in [5.41, 5.74) is 2.12. The normalized spacial score (nSPS) is 10.0. The van der Waals surface area contributed by atoms with E-state index in [9.17, 15) is 13.6 Å². The highest BCUT2D eigenvalue weighted by Gasteiger charge is 2.10. The summed E-state index contributed by atoms with van der Waals surface area (Å²) < 4.78 is 26.2. The molecule has 0 bridgehead atoms. The molecule has 1 aromatic heterocycles. The highest BCUT2D eigenvalue weighted by Crippen LogP contribution is 2.18. The zero-order valence-electron chi connectivity index (χ0n) is 13.3. The number of rotatable bonds is 4. The smallest absolute Gasteiger partial charge is 0.274 e. The molecule has 2 N–H and O–H groups in total. The lowest BCUT2D eigenvalue weighted by atomic mass is 10.2. The molecule has 0 fully saturated rings. The average molecular weight is 350 g/mol. The third-order valence-electron chi connectivity index (χ3n) is 3.47. The van der Waals surface area contributed by atoms with E-state index >= 15 is 0 Å². The summed E-state index contributed by atoms with van der Waals surface area (Å²) in [4.78, 5) is 16.2. The van der Waals surface area contributed by atoms with Gasteiger partial charge < -0.3 is 10.6 Å². The van der Waals surface area contributed by atoms with Gasteiger partial charge in [-0.25, -0.2) is 8.78 Å². The van der Waals surface area contributed by atoms with Crippen LogP contribution < -0.4 is 10.6 Å². The standard InChI is InChI=1S/C19H12F2N4O/c20-16-6-5-14(9-17(16)21)25-19(26)18-10-15(7-8-23-18)24-13-3-1-12(11-22)2-4-13/h1-10H,(H,23,24)(H,25,26). The van der Waals surface area contributed by atoms with Crippen molar-refractivity contribution in [2.45, 2.75) is 0 Å². The van der Waals surface area contributed by atoms with Gasteiger partial charge in [0, 0.05) is 29.3 Å².